The molecule has 2 rings (SSSR count). The minimum atomic E-state index is -1.26. The van der Waals surface area contributed by atoms with Crippen LogP contribution in [-0.4, -0.2) is 28.1 Å². The highest BCUT2D eigenvalue weighted by Gasteiger charge is 2.13. The van der Waals surface area contributed by atoms with E-state index in [4.69, 9.17) is 10.2 Å². The second-order valence-corrected chi connectivity index (χ2v) is 5.12. The van der Waals surface area contributed by atoms with Crippen LogP contribution in [0.2, 0.25) is 0 Å². The molecule has 23 heavy (non-hydrogen) atoms. The second kappa shape index (κ2) is 6.74. The molecule has 6 nitrogen and oxygen atoms in total. The van der Waals surface area contributed by atoms with E-state index >= 15 is 0 Å². The normalized spacial score (nSPS) is 10.1. The van der Waals surface area contributed by atoms with Crippen LogP contribution in [0.25, 0.3) is 0 Å². The number of rotatable bonds is 5. The summed E-state index contributed by atoms with van der Waals surface area (Å²) in [4.78, 5) is 34.1. The van der Waals surface area contributed by atoms with E-state index in [1.54, 1.807) is 0 Å². The highest BCUT2D eigenvalue weighted by molar-refractivity contribution is 5.98. The number of anilines is 1. The highest BCUT2D eigenvalue weighted by Crippen LogP contribution is 2.16. The lowest BCUT2D eigenvalue weighted by Gasteiger charge is -2.08. The molecule has 0 heterocycles. The van der Waals surface area contributed by atoms with E-state index in [1.807, 2.05) is 31.2 Å². The summed E-state index contributed by atoms with van der Waals surface area (Å²) in [6.07, 6.45) is 0.111. The van der Waals surface area contributed by atoms with Crippen molar-refractivity contribution in [1.82, 2.24) is 0 Å². The molecule has 0 aliphatic carbocycles. The van der Waals surface area contributed by atoms with Crippen LogP contribution in [0.3, 0.4) is 0 Å². The Morgan fingerprint density at radius 3 is 1.91 bits per heavy atom. The van der Waals surface area contributed by atoms with Crippen LogP contribution in [0.15, 0.2) is 42.5 Å². The van der Waals surface area contributed by atoms with Crippen molar-refractivity contribution in [2.75, 3.05) is 5.32 Å². The average Bonchev–Trinajstić information content (AvgIpc) is 2.49. The Bertz CT molecular complexity index is 733. The van der Waals surface area contributed by atoms with Gasteiger partial charge in [-0.1, -0.05) is 29.8 Å². The topological polar surface area (TPSA) is 104 Å². The minimum Gasteiger partial charge on any atom is -0.478 e. The van der Waals surface area contributed by atoms with Gasteiger partial charge in [-0.05, 0) is 30.7 Å². The van der Waals surface area contributed by atoms with Gasteiger partial charge in [-0.2, -0.15) is 0 Å². The first-order chi connectivity index (χ1) is 10.8. The Balaban J connectivity index is 2.18. The van der Waals surface area contributed by atoms with Crippen molar-refractivity contribution < 1.29 is 24.6 Å². The quantitative estimate of drug-likeness (QED) is 0.787. The van der Waals surface area contributed by atoms with Crippen molar-refractivity contribution in [2.24, 2.45) is 0 Å². The van der Waals surface area contributed by atoms with Gasteiger partial charge in [-0.25, -0.2) is 9.59 Å². The fraction of sp³-hybridized carbons (Fsp3) is 0.118. The summed E-state index contributed by atoms with van der Waals surface area (Å²) < 4.78 is 0. The van der Waals surface area contributed by atoms with Gasteiger partial charge >= 0.3 is 11.9 Å². The number of aromatic carboxylic acids is 2. The number of nitrogens with one attached hydrogen (secondary N) is 1. The van der Waals surface area contributed by atoms with Crippen LogP contribution in [0.4, 0.5) is 5.69 Å². The zero-order chi connectivity index (χ0) is 17.0. The van der Waals surface area contributed by atoms with Crippen LogP contribution in [0.5, 0.6) is 0 Å². The zero-order valence-corrected chi connectivity index (χ0v) is 12.4. The lowest BCUT2D eigenvalue weighted by atomic mass is 10.1. The smallest absolute Gasteiger partial charge is 0.335 e. The number of carbonyl (C=O) groups excluding carboxylic acids is 1. The van der Waals surface area contributed by atoms with Crippen molar-refractivity contribution in [3.8, 4) is 0 Å². The van der Waals surface area contributed by atoms with E-state index in [-0.39, 0.29) is 29.1 Å². The predicted molar refractivity (Wildman–Crippen MR) is 83.9 cm³/mol. The summed E-state index contributed by atoms with van der Waals surface area (Å²) in [6.45, 7) is 1.94. The lowest BCUT2D eigenvalue weighted by Crippen LogP contribution is -2.15. The number of hydrogen-bond acceptors (Lipinski definition) is 3. The molecule has 118 valence electrons. The third-order valence-electron chi connectivity index (χ3n) is 3.20. The summed E-state index contributed by atoms with van der Waals surface area (Å²) >= 11 is 0. The SMILES string of the molecule is Cc1ccc(CC(=O)Nc2cc(C(=O)O)cc(C(=O)O)c2)cc1. The van der Waals surface area contributed by atoms with Crippen molar-refractivity contribution >= 4 is 23.5 Å². The van der Waals surface area contributed by atoms with Gasteiger partial charge in [0.1, 0.15) is 0 Å². The molecule has 3 N–H and O–H groups in total. The molecule has 0 radical (unpaired) electrons. The first kappa shape index (κ1) is 16.2. The largest absolute Gasteiger partial charge is 0.478 e. The first-order valence-corrected chi connectivity index (χ1v) is 6.82. The van der Waals surface area contributed by atoms with Gasteiger partial charge in [-0.3, -0.25) is 4.79 Å². The fourth-order valence-corrected chi connectivity index (χ4v) is 2.04. The number of carboxylic acid groups (broad SMARTS) is 2. The molecule has 1 amide bonds. The zero-order valence-electron chi connectivity index (χ0n) is 12.4. The van der Waals surface area contributed by atoms with Crippen LogP contribution in [0, 0.1) is 6.92 Å². The Morgan fingerprint density at radius 2 is 1.43 bits per heavy atom. The van der Waals surface area contributed by atoms with E-state index in [2.05, 4.69) is 5.32 Å². The fourth-order valence-electron chi connectivity index (χ4n) is 2.04. The number of carboxylic acids is 2. The maximum Gasteiger partial charge on any atom is 0.335 e. The molecule has 0 atom stereocenters. The summed E-state index contributed by atoms with van der Waals surface area (Å²) in [7, 11) is 0. The Labute approximate surface area is 132 Å². The number of aryl methyl sites for hydroxylation is 1. The Kier molecular flexibility index (Phi) is 4.75. The van der Waals surface area contributed by atoms with Gasteiger partial charge < -0.3 is 15.5 Å². The summed E-state index contributed by atoms with van der Waals surface area (Å²) in [5.74, 6) is -2.88. The van der Waals surface area contributed by atoms with Gasteiger partial charge in [0.2, 0.25) is 5.91 Å². The third-order valence-corrected chi connectivity index (χ3v) is 3.20. The lowest BCUT2D eigenvalue weighted by molar-refractivity contribution is -0.115. The molecule has 2 aromatic rings. The maximum atomic E-state index is 12.0. The molecule has 0 bridgehead atoms. The van der Waals surface area contributed by atoms with E-state index in [0.717, 1.165) is 17.2 Å². The number of amides is 1. The highest BCUT2D eigenvalue weighted by atomic mass is 16.4. The average molecular weight is 313 g/mol. The number of carbonyl (C=O) groups is 3. The molecular formula is C17H15NO5. The van der Waals surface area contributed by atoms with E-state index in [1.165, 1.54) is 12.1 Å². The van der Waals surface area contributed by atoms with Gasteiger partial charge in [-0.15, -0.1) is 0 Å². The molecule has 6 heteroatoms. The van der Waals surface area contributed by atoms with Crippen LogP contribution >= 0.6 is 0 Å². The first-order valence-electron chi connectivity index (χ1n) is 6.82. The third kappa shape index (κ3) is 4.41. The van der Waals surface area contributed by atoms with Crippen molar-refractivity contribution in [2.45, 2.75) is 13.3 Å². The maximum absolute atomic E-state index is 12.0. The number of benzene rings is 2. The standard InChI is InChI=1S/C17H15NO5/c1-10-2-4-11(5-3-10)6-15(19)18-14-8-12(16(20)21)7-13(9-14)17(22)23/h2-5,7-9H,6H2,1H3,(H,18,19)(H,20,21)(H,22,23). The Morgan fingerprint density at radius 1 is 0.913 bits per heavy atom. The van der Waals surface area contributed by atoms with Gasteiger partial charge in [0.05, 0.1) is 17.5 Å². The van der Waals surface area contributed by atoms with Crippen molar-refractivity contribution in [3.63, 3.8) is 0 Å². The van der Waals surface area contributed by atoms with Gasteiger partial charge in [0.15, 0.2) is 0 Å². The summed E-state index contributed by atoms with van der Waals surface area (Å²) in [5.41, 5.74) is 1.63. The molecular weight excluding hydrogens is 298 g/mol. The number of hydrogen-bond donors (Lipinski definition) is 3. The minimum absolute atomic E-state index is 0.111. The molecule has 0 fully saturated rings. The van der Waals surface area contributed by atoms with Gasteiger partial charge in [0, 0.05) is 5.69 Å². The monoisotopic (exact) mass is 313 g/mol. The molecule has 0 aromatic heterocycles. The molecule has 0 aliphatic heterocycles. The van der Waals surface area contributed by atoms with Crippen molar-refractivity contribution in [1.29, 1.82) is 0 Å². The van der Waals surface area contributed by atoms with Gasteiger partial charge in [0.25, 0.3) is 0 Å². The molecule has 0 saturated heterocycles. The molecule has 2 aromatic carbocycles. The summed E-state index contributed by atoms with van der Waals surface area (Å²) in [6, 6.07) is 10.9. The van der Waals surface area contributed by atoms with E-state index < -0.39 is 11.9 Å². The predicted octanol–water partition coefficient (Wildman–Crippen LogP) is 2.57. The molecule has 0 unspecified atom stereocenters. The second-order valence-electron chi connectivity index (χ2n) is 5.12. The Hall–Kier alpha value is -3.15. The van der Waals surface area contributed by atoms with Crippen LogP contribution < -0.4 is 5.32 Å². The summed E-state index contributed by atoms with van der Waals surface area (Å²) in [5, 5.41) is 20.5. The van der Waals surface area contributed by atoms with Crippen LogP contribution in [-0.2, 0) is 11.2 Å². The van der Waals surface area contributed by atoms with Crippen LogP contribution in [0.1, 0.15) is 31.8 Å². The molecule has 0 saturated carbocycles. The molecule has 0 aliphatic rings. The molecule has 0 spiro atoms. The van der Waals surface area contributed by atoms with E-state index in [9.17, 15) is 14.4 Å². The van der Waals surface area contributed by atoms with E-state index in [0.29, 0.717) is 0 Å². The van der Waals surface area contributed by atoms with Crippen molar-refractivity contribution in [3.05, 3.63) is 64.7 Å².